The number of nitrogens with zero attached hydrogens (tertiary/aromatic N) is 3. The van der Waals surface area contributed by atoms with E-state index in [1.807, 2.05) is 36.5 Å². The molecule has 0 saturated carbocycles. The zero-order valence-electron chi connectivity index (χ0n) is 11.5. The van der Waals surface area contributed by atoms with E-state index in [1.54, 1.807) is 22.9 Å². The van der Waals surface area contributed by atoms with E-state index in [4.69, 9.17) is 28.5 Å². The molecule has 0 unspecified atom stereocenters. The number of rotatable bonds is 3. The molecule has 22 heavy (non-hydrogen) atoms. The molecule has 3 rings (SSSR count). The molecule has 3 aromatic rings. The summed E-state index contributed by atoms with van der Waals surface area (Å²) in [5, 5.41) is 14.7. The average molecular weight is 328 g/mol. The molecule has 0 spiro atoms. The summed E-state index contributed by atoms with van der Waals surface area (Å²) in [7, 11) is 0. The van der Waals surface area contributed by atoms with Gasteiger partial charge in [-0.2, -0.15) is 10.4 Å². The lowest BCUT2D eigenvalue weighted by molar-refractivity contribution is 0.883. The van der Waals surface area contributed by atoms with E-state index >= 15 is 0 Å². The van der Waals surface area contributed by atoms with E-state index < -0.39 is 0 Å². The van der Waals surface area contributed by atoms with Crippen LogP contribution in [0.15, 0.2) is 54.7 Å². The van der Waals surface area contributed by atoms with Crippen LogP contribution in [0.2, 0.25) is 10.0 Å². The monoisotopic (exact) mass is 327 g/mol. The number of hydrogen-bond acceptors (Lipinski definition) is 2. The fourth-order valence-corrected chi connectivity index (χ4v) is 2.80. The third kappa shape index (κ3) is 2.99. The lowest BCUT2D eigenvalue weighted by Gasteiger charge is -2.02. The Hall–Kier alpha value is -2.28. The van der Waals surface area contributed by atoms with Crippen molar-refractivity contribution in [2.24, 2.45) is 0 Å². The molecule has 1 heterocycles. The Morgan fingerprint density at radius 1 is 1.05 bits per heavy atom. The normalized spacial score (nSPS) is 10.4. The maximum absolute atomic E-state index is 9.04. The molecule has 0 aliphatic heterocycles. The lowest BCUT2D eigenvalue weighted by atomic mass is 10.1. The third-order valence-electron chi connectivity index (χ3n) is 3.22. The van der Waals surface area contributed by atoms with Gasteiger partial charge in [0.05, 0.1) is 23.9 Å². The predicted octanol–water partition coefficient (Wildman–Crippen LogP) is 4.91. The Kier molecular flexibility index (Phi) is 4.15. The summed E-state index contributed by atoms with van der Waals surface area (Å²) in [5.74, 6) is 0. The van der Waals surface area contributed by atoms with Gasteiger partial charge in [-0.3, -0.25) is 0 Å². The molecule has 0 aliphatic carbocycles. The first-order chi connectivity index (χ1) is 10.7. The van der Waals surface area contributed by atoms with Crippen molar-refractivity contribution < 1.29 is 0 Å². The average Bonchev–Trinajstić information content (AvgIpc) is 2.92. The van der Waals surface area contributed by atoms with Gasteiger partial charge in [0.25, 0.3) is 0 Å². The maximum Gasteiger partial charge on any atom is 0.0971 e. The van der Waals surface area contributed by atoms with Crippen LogP contribution in [-0.2, 0) is 6.42 Å². The van der Waals surface area contributed by atoms with Crippen molar-refractivity contribution in [2.45, 2.75) is 6.42 Å². The van der Waals surface area contributed by atoms with Crippen LogP contribution in [-0.4, -0.2) is 9.78 Å². The second kappa shape index (κ2) is 6.23. The fourth-order valence-electron chi connectivity index (χ4n) is 2.27. The zero-order valence-corrected chi connectivity index (χ0v) is 13.0. The van der Waals surface area contributed by atoms with Crippen LogP contribution in [0, 0.1) is 11.3 Å². The summed E-state index contributed by atoms with van der Waals surface area (Å²) in [5.41, 5.74) is 3.29. The van der Waals surface area contributed by atoms with Gasteiger partial charge in [-0.1, -0.05) is 41.4 Å². The molecule has 3 nitrogen and oxygen atoms in total. The standard InChI is InChI=1S/C17H11Cl2N3/c18-14-8-13(9-15(19)10-14)17-12(6-7-20)11-22(21-17)16-4-2-1-3-5-16/h1-5,8-11H,6H2. The maximum atomic E-state index is 9.04. The van der Waals surface area contributed by atoms with Gasteiger partial charge in [-0.05, 0) is 30.3 Å². The smallest absolute Gasteiger partial charge is 0.0971 e. The van der Waals surface area contributed by atoms with Crippen molar-refractivity contribution >= 4 is 23.2 Å². The number of hydrogen-bond donors (Lipinski definition) is 0. The molecule has 0 fully saturated rings. The molecule has 0 radical (unpaired) electrons. The van der Waals surface area contributed by atoms with Crippen molar-refractivity contribution in [3.8, 4) is 23.0 Å². The van der Waals surface area contributed by atoms with Gasteiger partial charge in [0.1, 0.15) is 0 Å². The number of benzene rings is 2. The largest absolute Gasteiger partial charge is 0.240 e. The van der Waals surface area contributed by atoms with E-state index in [0.717, 1.165) is 22.5 Å². The molecule has 0 atom stereocenters. The van der Waals surface area contributed by atoms with E-state index in [0.29, 0.717) is 10.0 Å². The summed E-state index contributed by atoms with van der Waals surface area (Å²) in [4.78, 5) is 0. The number of para-hydroxylation sites is 1. The zero-order chi connectivity index (χ0) is 15.5. The highest BCUT2D eigenvalue weighted by Gasteiger charge is 2.13. The molecule has 0 bridgehead atoms. The molecule has 0 saturated heterocycles. The van der Waals surface area contributed by atoms with Crippen LogP contribution >= 0.6 is 23.2 Å². The summed E-state index contributed by atoms with van der Waals surface area (Å²) in [6, 6.07) is 17.2. The molecular weight excluding hydrogens is 317 g/mol. The topological polar surface area (TPSA) is 41.6 Å². The molecule has 0 aliphatic rings. The Morgan fingerprint density at radius 2 is 1.73 bits per heavy atom. The van der Waals surface area contributed by atoms with Crippen LogP contribution in [0.5, 0.6) is 0 Å². The van der Waals surface area contributed by atoms with Gasteiger partial charge < -0.3 is 0 Å². The first kappa shape index (κ1) is 14.6. The van der Waals surface area contributed by atoms with Gasteiger partial charge in [-0.15, -0.1) is 0 Å². The Bertz CT molecular complexity index is 828. The van der Waals surface area contributed by atoms with E-state index in [-0.39, 0.29) is 6.42 Å². The fraction of sp³-hybridized carbons (Fsp3) is 0.0588. The van der Waals surface area contributed by atoms with Crippen LogP contribution in [0.3, 0.4) is 0 Å². The number of halogens is 2. The van der Waals surface area contributed by atoms with E-state index in [9.17, 15) is 0 Å². The molecular formula is C17H11Cl2N3. The minimum atomic E-state index is 0.270. The molecule has 0 N–H and O–H groups in total. The van der Waals surface area contributed by atoms with Crippen LogP contribution in [0.25, 0.3) is 16.9 Å². The van der Waals surface area contributed by atoms with Gasteiger partial charge in [0.15, 0.2) is 0 Å². The minimum absolute atomic E-state index is 0.270. The third-order valence-corrected chi connectivity index (χ3v) is 3.65. The molecule has 5 heteroatoms. The Morgan fingerprint density at radius 3 is 2.36 bits per heavy atom. The highest BCUT2D eigenvalue weighted by molar-refractivity contribution is 6.35. The Labute approximate surface area is 138 Å². The highest BCUT2D eigenvalue weighted by atomic mass is 35.5. The molecule has 1 aromatic heterocycles. The summed E-state index contributed by atoms with van der Waals surface area (Å²) in [6.45, 7) is 0. The van der Waals surface area contributed by atoms with Crippen molar-refractivity contribution in [3.05, 3.63) is 70.3 Å². The van der Waals surface area contributed by atoms with Crippen molar-refractivity contribution in [1.29, 1.82) is 5.26 Å². The molecule has 108 valence electrons. The van der Waals surface area contributed by atoms with E-state index in [1.165, 1.54) is 0 Å². The second-order valence-electron chi connectivity index (χ2n) is 4.78. The van der Waals surface area contributed by atoms with Crippen LogP contribution in [0.1, 0.15) is 5.56 Å². The number of nitriles is 1. The van der Waals surface area contributed by atoms with Crippen molar-refractivity contribution in [1.82, 2.24) is 9.78 Å². The summed E-state index contributed by atoms with van der Waals surface area (Å²) < 4.78 is 1.76. The number of aromatic nitrogens is 2. The SMILES string of the molecule is N#CCc1cn(-c2ccccc2)nc1-c1cc(Cl)cc(Cl)c1. The van der Waals surface area contributed by atoms with Gasteiger partial charge in [0.2, 0.25) is 0 Å². The minimum Gasteiger partial charge on any atom is -0.240 e. The van der Waals surface area contributed by atoms with Gasteiger partial charge >= 0.3 is 0 Å². The van der Waals surface area contributed by atoms with Crippen LogP contribution < -0.4 is 0 Å². The van der Waals surface area contributed by atoms with Crippen LogP contribution in [0.4, 0.5) is 0 Å². The Balaban J connectivity index is 2.14. The van der Waals surface area contributed by atoms with E-state index in [2.05, 4.69) is 11.2 Å². The van der Waals surface area contributed by atoms with Gasteiger partial charge in [-0.25, -0.2) is 4.68 Å². The molecule has 2 aromatic carbocycles. The van der Waals surface area contributed by atoms with Crippen molar-refractivity contribution in [2.75, 3.05) is 0 Å². The first-order valence-electron chi connectivity index (χ1n) is 6.65. The lowest BCUT2D eigenvalue weighted by Crippen LogP contribution is -1.94. The summed E-state index contributed by atoms with van der Waals surface area (Å²) >= 11 is 12.1. The highest BCUT2D eigenvalue weighted by Crippen LogP contribution is 2.29. The first-order valence-corrected chi connectivity index (χ1v) is 7.40. The quantitative estimate of drug-likeness (QED) is 0.685. The second-order valence-corrected chi connectivity index (χ2v) is 5.65. The van der Waals surface area contributed by atoms with Crippen molar-refractivity contribution in [3.63, 3.8) is 0 Å². The summed E-state index contributed by atoms with van der Waals surface area (Å²) in [6.07, 6.45) is 2.13. The van der Waals surface area contributed by atoms with Gasteiger partial charge in [0, 0.05) is 27.4 Å². The molecule has 0 amide bonds. The predicted molar refractivity (Wildman–Crippen MR) is 88.3 cm³/mol.